The third kappa shape index (κ3) is 6.14. The summed E-state index contributed by atoms with van der Waals surface area (Å²) in [6.45, 7) is 0. The Labute approximate surface area is 170 Å². The van der Waals surface area contributed by atoms with Crippen LogP contribution < -0.4 is 5.32 Å². The minimum atomic E-state index is -0.468. The standard InChI is InChI=1S/C19H18N4O3S2/c24-17(13-15-8-10-16(11-9-15)23(25)26)20-18-21-22-19(28-18)27-12-4-7-14-5-2-1-3-6-14/h1-3,5-6,8-11H,4,7,12-13H2,(H,20,21,24). The summed E-state index contributed by atoms with van der Waals surface area (Å²) in [5.74, 6) is 0.700. The lowest BCUT2D eigenvalue weighted by atomic mass is 10.1. The van der Waals surface area contributed by atoms with Gasteiger partial charge in [0.25, 0.3) is 5.69 Å². The highest BCUT2D eigenvalue weighted by Gasteiger charge is 2.11. The second kappa shape index (κ2) is 9.95. The van der Waals surface area contributed by atoms with Crippen LogP contribution in [0.5, 0.6) is 0 Å². The van der Waals surface area contributed by atoms with Crippen LogP contribution in [-0.2, 0) is 17.6 Å². The molecule has 0 saturated carbocycles. The number of aromatic nitrogens is 2. The molecule has 0 aliphatic heterocycles. The van der Waals surface area contributed by atoms with E-state index >= 15 is 0 Å². The number of hydrogen-bond acceptors (Lipinski definition) is 7. The van der Waals surface area contributed by atoms with Gasteiger partial charge in [0.15, 0.2) is 4.34 Å². The van der Waals surface area contributed by atoms with Gasteiger partial charge in [-0.3, -0.25) is 14.9 Å². The largest absolute Gasteiger partial charge is 0.300 e. The van der Waals surface area contributed by atoms with E-state index in [-0.39, 0.29) is 18.0 Å². The summed E-state index contributed by atoms with van der Waals surface area (Å²) in [6, 6.07) is 16.3. The number of nitrogens with one attached hydrogen (secondary N) is 1. The number of thioether (sulfide) groups is 1. The third-order valence-electron chi connectivity index (χ3n) is 3.84. The van der Waals surface area contributed by atoms with Crippen molar-refractivity contribution in [2.45, 2.75) is 23.6 Å². The summed E-state index contributed by atoms with van der Waals surface area (Å²) < 4.78 is 0.818. The molecule has 3 rings (SSSR count). The Balaban J connectivity index is 1.42. The van der Waals surface area contributed by atoms with Crippen molar-refractivity contribution in [3.05, 3.63) is 75.8 Å². The van der Waals surface area contributed by atoms with E-state index in [2.05, 4.69) is 27.6 Å². The van der Waals surface area contributed by atoms with Gasteiger partial charge >= 0.3 is 0 Å². The quantitative estimate of drug-likeness (QED) is 0.184. The smallest absolute Gasteiger partial charge is 0.269 e. The molecule has 0 radical (unpaired) electrons. The first kappa shape index (κ1) is 20.0. The van der Waals surface area contributed by atoms with Gasteiger partial charge in [-0.1, -0.05) is 65.6 Å². The number of hydrogen-bond donors (Lipinski definition) is 1. The van der Waals surface area contributed by atoms with E-state index < -0.39 is 4.92 Å². The molecule has 0 aliphatic rings. The maximum Gasteiger partial charge on any atom is 0.269 e. The molecule has 0 saturated heterocycles. The average molecular weight is 415 g/mol. The van der Waals surface area contributed by atoms with Crippen LogP contribution in [0.4, 0.5) is 10.8 Å². The molecule has 1 aromatic heterocycles. The number of nitrogens with zero attached hydrogens (tertiary/aromatic N) is 3. The molecule has 28 heavy (non-hydrogen) atoms. The van der Waals surface area contributed by atoms with Crippen LogP contribution >= 0.6 is 23.1 Å². The van der Waals surface area contributed by atoms with Gasteiger partial charge in [-0.2, -0.15) is 0 Å². The van der Waals surface area contributed by atoms with E-state index in [0.29, 0.717) is 10.7 Å². The van der Waals surface area contributed by atoms with Crippen molar-refractivity contribution in [1.82, 2.24) is 10.2 Å². The van der Waals surface area contributed by atoms with E-state index in [4.69, 9.17) is 0 Å². The van der Waals surface area contributed by atoms with Crippen LogP contribution in [0.2, 0.25) is 0 Å². The summed E-state index contributed by atoms with van der Waals surface area (Å²) in [6.07, 6.45) is 2.18. The van der Waals surface area contributed by atoms with Crippen molar-refractivity contribution < 1.29 is 9.72 Å². The van der Waals surface area contributed by atoms with Gasteiger partial charge in [-0.15, -0.1) is 10.2 Å². The second-order valence-electron chi connectivity index (χ2n) is 5.96. The Kier molecular flexibility index (Phi) is 7.10. The molecular weight excluding hydrogens is 396 g/mol. The SMILES string of the molecule is O=C(Cc1ccc([N+](=O)[O-])cc1)Nc1nnc(SCCCc2ccccc2)s1. The lowest BCUT2D eigenvalue weighted by Gasteiger charge is -2.01. The number of amides is 1. The zero-order chi connectivity index (χ0) is 19.8. The van der Waals surface area contributed by atoms with Crippen LogP contribution in [0, 0.1) is 10.1 Å². The molecule has 3 aromatic rings. The Morgan fingerprint density at radius 1 is 1.07 bits per heavy atom. The first-order chi connectivity index (χ1) is 13.6. The maximum absolute atomic E-state index is 12.1. The van der Waals surface area contributed by atoms with Gasteiger partial charge < -0.3 is 5.32 Å². The highest BCUT2D eigenvalue weighted by Crippen LogP contribution is 2.26. The maximum atomic E-state index is 12.1. The van der Waals surface area contributed by atoms with Crippen molar-refractivity contribution in [3.8, 4) is 0 Å². The minimum Gasteiger partial charge on any atom is -0.300 e. The zero-order valence-corrected chi connectivity index (χ0v) is 16.5. The van der Waals surface area contributed by atoms with Crippen molar-refractivity contribution in [3.63, 3.8) is 0 Å². The Morgan fingerprint density at radius 3 is 2.54 bits per heavy atom. The van der Waals surface area contributed by atoms with Gasteiger partial charge in [0.2, 0.25) is 11.0 Å². The molecule has 0 aliphatic carbocycles. The van der Waals surface area contributed by atoms with Gasteiger partial charge in [-0.05, 0) is 24.0 Å². The van der Waals surface area contributed by atoms with E-state index in [1.807, 2.05) is 18.2 Å². The number of aryl methyl sites for hydroxylation is 1. The minimum absolute atomic E-state index is 0.00205. The van der Waals surface area contributed by atoms with Gasteiger partial charge in [-0.25, -0.2) is 0 Å². The van der Waals surface area contributed by atoms with Crippen molar-refractivity contribution in [1.29, 1.82) is 0 Å². The molecule has 0 unspecified atom stereocenters. The Hall–Kier alpha value is -2.78. The summed E-state index contributed by atoms with van der Waals surface area (Å²) in [5, 5.41) is 21.9. The molecule has 7 nitrogen and oxygen atoms in total. The highest BCUT2D eigenvalue weighted by atomic mass is 32.2. The van der Waals surface area contributed by atoms with E-state index in [1.165, 1.54) is 29.0 Å². The molecule has 1 amide bonds. The van der Waals surface area contributed by atoms with Crippen LogP contribution in [0.15, 0.2) is 58.9 Å². The normalized spacial score (nSPS) is 10.6. The molecule has 9 heteroatoms. The second-order valence-corrected chi connectivity index (χ2v) is 8.28. The average Bonchev–Trinajstić information content (AvgIpc) is 3.13. The fourth-order valence-electron chi connectivity index (χ4n) is 2.48. The number of anilines is 1. The van der Waals surface area contributed by atoms with Crippen molar-refractivity contribution in [2.24, 2.45) is 0 Å². The lowest BCUT2D eigenvalue weighted by molar-refractivity contribution is -0.384. The monoisotopic (exact) mass is 414 g/mol. The molecule has 0 atom stereocenters. The van der Waals surface area contributed by atoms with E-state index in [1.54, 1.807) is 23.9 Å². The van der Waals surface area contributed by atoms with Gasteiger partial charge in [0.05, 0.1) is 11.3 Å². The molecule has 1 heterocycles. The summed E-state index contributed by atoms with van der Waals surface area (Å²) >= 11 is 2.97. The molecule has 2 aromatic carbocycles. The molecule has 0 spiro atoms. The van der Waals surface area contributed by atoms with Crippen LogP contribution in [0.1, 0.15) is 17.5 Å². The van der Waals surface area contributed by atoms with E-state index in [9.17, 15) is 14.9 Å². The Morgan fingerprint density at radius 2 is 1.82 bits per heavy atom. The number of nitro benzene ring substituents is 1. The summed E-state index contributed by atoms with van der Waals surface area (Å²) in [5.41, 5.74) is 2.02. The molecule has 1 N–H and O–H groups in total. The zero-order valence-electron chi connectivity index (χ0n) is 14.9. The van der Waals surface area contributed by atoms with E-state index in [0.717, 1.165) is 22.9 Å². The first-order valence-corrected chi connectivity index (χ1v) is 10.4. The fraction of sp³-hybridized carbons (Fsp3) is 0.211. The third-order valence-corrected chi connectivity index (χ3v) is 5.90. The highest BCUT2D eigenvalue weighted by molar-refractivity contribution is 8.01. The predicted molar refractivity (Wildman–Crippen MR) is 111 cm³/mol. The topological polar surface area (TPSA) is 98.0 Å². The number of benzene rings is 2. The van der Waals surface area contributed by atoms with Crippen LogP contribution in [0.25, 0.3) is 0 Å². The molecule has 0 bridgehead atoms. The van der Waals surface area contributed by atoms with Crippen molar-refractivity contribution >= 4 is 39.8 Å². The summed E-state index contributed by atoms with van der Waals surface area (Å²) in [4.78, 5) is 22.3. The number of rotatable bonds is 9. The number of carbonyl (C=O) groups excluding carboxylic acids is 1. The lowest BCUT2D eigenvalue weighted by Crippen LogP contribution is -2.14. The van der Waals surface area contributed by atoms with Gasteiger partial charge in [0.1, 0.15) is 0 Å². The van der Waals surface area contributed by atoms with Crippen molar-refractivity contribution in [2.75, 3.05) is 11.1 Å². The fourth-order valence-corrected chi connectivity index (χ4v) is 4.26. The number of non-ortho nitro benzene ring substituents is 1. The molecule has 144 valence electrons. The first-order valence-electron chi connectivity index (χ1n) is 8.63. The number of nitro groups is 1. The molecule has 0 fully saturated rings. The van der Waals surface area contributed by atoms with Gasteiger partial charge in [0, 0.05) is 17.9 Å². The van der Waals surface area contributed by atoms with Crippen LogP contribution in [-0.4, -0.2) is 26.8 Å². The van der Waals surface area contributed by atoms with Crippen LogP contribution in [0.3, 0.4) is 0 Å². The predicted octanol–water partition coefficient (Wildman–Crippen LogP) is 4.35. The summed E-state index contributed by atoms with van der Waals surface area (Å²) in [7, 11) is 0. The molecular formula is C19H18N4O3S2. The number of carbonyl (C=O) groups is 1. The Bertz CT molecular complexity index is 930.